The maximum absolute atomic E-state index is 12.4. The molecule has 1 fully saturated rings. The minimum absolute atomic E-state index is 0.00163. The van der Waals surface area contributed by atoms with Crippen molar-refractivity contribution in [2.75, 3.05) is 53.0 Å². The molecular formula is C48H94N2O4. The molecule has 54 heavy (non-hydrogen) atoms. The maximum atomic E-state index is 12.4. The molecule has 1 rings (SSSR count). The van der Waals surface area contributed by atoms with Crippen molar-refractivity contribution in [1.29, 1.82) is 0 Å². The average molecular weight is 763 g/mol. The summed E-state index contributed by atoms with van der Waals surface area (Å²) in [5, 5.41) is 0. The molecule has 1 aliphatic rings. The number of esters is 2. The molecule has 1 saturated heterocycles. The number of likely N-dealkylation sites (N-methyl/N-ethyl adjacent to an activating group) is 1. The van der Waals surface area contributed by atoms with Gasteiger partial charge in [0.15, 0.2) is 0 Å². The highest BCUT2D eigenvalue weighted by Crippen LogP contribution is 2.33. The number of carbonyl (C=O) groups is 2. The smallest absolute Gasteiger partial charge is 0.305 e. The largest absolute Gasteiger partial charge is 0.465 e. The highest BCUT2D eigenvalue weighted by molar-refractivity contribution is 5.69. The fourth-order valence-corrected chi connectivity index (χ4v) is 8.10. The van der Waals surface area contributed by atoms with Crippen LogP contribution in [0.5, 0.6) is 0 Å². The van der Waals surface area contributed by atoms with Gasteiger partial charge >= 0.3 is 11.9 Å². The molecule has 6 nitrogen and oxygen atoms in total. The van der Waals surface area contributed by atoms with Gasteiger partial charge in [-0.05, 0) is 86.5 Å². The van der Waals surface area contributed by atoms with Crippen molar-refractivity contribution in [2.24, 2.45) is 40.9 Å². The van der Waals surface area contributed by atoms with Crippen molar-refractivity contribution in [2.45, 2.75) is 204 Å². The first-order valence-electron chi connectivity index (χ1n) is 23.4. The molecule has 0 N–H and O–H groups in total. The fourth-order valence-electron chi connectivity index (χ4n) is 8.10. The van der Waals surface area contributed by atoms with Crippen molar-refractivity contribution in [3.63, 3.8) is 0 Å². The molecule has 0 bridgehead atoms. The lowest BCUT2D eigenvalue weighted by atomic mass is 9.79. The standard InChI is InChI=1S/C48H94N2O4/c1-40(2)27-29-44(42(5)6)37-53-46(51)25-21-17-13-11-15-19-23-31-48(9,39-50-35-33-49(10)34-36-50)32-24-20-16-12-14-18-22-26-47(52)54-38-45(43(7)8)30-28-41(3)4/h40-45H,11-39H2,1-10H3. The van der Waals surface area contributed by atoms with Gasteiger partial charge in [0.25, 0.3) is 0 Å². The van der Waals surface area contributed by atoms with Crippen LogP contribution in [0.4, 0.5) is 0 Å². The molecular weight excluding hydrogens is 669 g/mol. The van der Waals surface area contributed by atoms with E-state index in [1.807, 2.05) is 0 Å². The SMILES string of the molecule is CC(C)CCC(COC(=O)CCCCCCCCCC(C)(CCCCCCCCCC(=O)OCC(CCC(C)C)C(C)C)CN1CCN(C)CC1)C(C)C. The van der Waals surface area contributed by atoms with E-state index < -0.39 is 0 Å². The molecule has 6 heteroatoms. The molecule has 2 unspecified atom stereocenters. The second-order valence-corrected chi connectivity index (χ2v) is 19.7. The predicted octanol–water partition coefficient (Wildman–Crippen LogP) is 12.8. The third kappa shape index (κ3) is 27.5. The van der Waals surface area contributed by atoms with Gasteiger partial charge in [-0.1, -0.05) is 152 Å². The average Bonchev–Trinajstić information content (AvgIpc) is 3.10. The Morgan fingerprint density at radius 1 is 0.519 bits per heavy atom. The van der Waals surface area contributed by atoms with Gasteiger partial charge in [0.05, 0.1) is 13.2 Å². The van der Waals surface area contributed by atoms with Crippen LogP contribution in [0.25, 0.3) is 0 Å². The first kappa shape index (κ1) is 50.9. The lowest BCUT2D eigenvalue weighted by molar-refractivity contribution is -0.146. The molecule has 2 atom stereocenters. The Bertz CT molecular complexity index is 852. The number of rotatable bonds is 34. The molecule has 0 aromatic carbocycles. The lowest BCUT2D eigenvalue weighted by Crippen LogP contribution is -2.48. The van der Waals surface area contributed by atoms with E-state index in [1.165, 1.54) is 123 Å². The number of piperazine rings is 1. The summed E-state index contributed by atoms with van der Waals surface area (Å²) in [5.74, 6) is 3.50. The van der Waals surface area contributed by atoms with Crippen molar-refractivity contribution in [3.8, 4) is 0 Å². The van der Waals surface area contributed by atoms with Crippen molar-refractivity contribution in [1.82, 2.24) is 9.80 Å². The summed E-state index contributed by atoms with van der Waals surface area (Å²) >= 11 is 0. The first-order chi connectivity index (χ1) is 25.7. The van der Waals surface area contributed by atoms with Gasteiger partial charge in [-0.3, -0.25) is 9.59 Å². The van der Waals surface area contributed by atoms with E-state index in [4.69, 9.17) is 9.47 Å². The van der Waals surface area contributed by atoms with Gasteiger partial charge in [0.2, 0.25) is 0 Å². The molecule has 1 heterocycles. The minimum atomic E-state index is 0.00163. The van der Waals surface area contributed by atoms with E-state index in [-0.39, 0.29) is 11.9 Å². The Kier molecular flexibility index (Phi) is 29.1. The van der Waals surface area contributed by atoms with Crippen LogP contribution in [0.2, 0.25) is 0 Å². The second-order valence-electron chi connectivity index (χ2n) is 19.7. The zero-order chi connectivity index (χ0) is 40.2. The zero-order valence-corrected chi connectivity index (χ0v) is 38.0. The van der Waals surface area contributed by atoms with Crippen molar-refractivity contribution < 1.29 is 19.1 Å². The molecule has 0 aliphatic carbocycles. The Balaban J connectivity index is 2.25. The highest BCUT2D eigenvalue weighted by Gasteiger charge is 2.28. The summed E-state index contributed by atoms with van der Waals surface area (Å²) in [6, 6.07) is 0. The monoisotopic (exact) mass is 763 g/mol. The Morgan fingerprint density at radius 2 is 0.870 bits per heavy atom. The number of hydrogen-bond donors (Lipinski definition) is 0. The number of carbonyl (C=O) groups excluding carboxylic acids is 2. The molecule has 0 spiro atoms. The van der Waals surface area contributed by atoms with Crippen molar-refractivity contribution in [3.05, 3.63) is 0 Å². The van der Waals surface area contributed by atoms with E-state index in [1.54, 1.807) is 0 Å². The van der Waals surface area contributed by atoms with Crippen LogP contribution in [0.1, 0.15) is 204 Å². The Morgan fingerprint density at radius 3 is 1.22 bits per heavy atom. The summed E-state index contributed by atoms with van der Waals surface area (Å²) in [4.78, 5) is 29.9. The van der Waals surface area contributed by atoms with E-state index >= 15 is 0 Å². The third-order valence-electron chi connectivity index (χ3n) is 12.6. The molecule has 0 saturated carbocycles. The van der Waals surface area contributed by atoms with Gasteiger partial charge < -0.3 is 19.3 Å². The van der Waals surface area contributed by atoms with E-state index in [0.29, 0.717) is 67.0 Å². The van der Waals surface area contributed by atoms with Crippen molar-refractivity contribution >= 4 is 11.9 Å². The fraction of sp³-hybridized carbons (Fsp3) is 0.958. The van der Waals surface area contributed by atoms with Crippen LogP contribution in [-0.2, 0) is 19.1 Å². The summed E-state index contributed by atoms with van der Waals surface area (Å²) in [6.45, 7) is 27.9. The Hall–Kier alpha value is -1.14. The van der Waals surface area contributed by atoms with Crippen LogP contribution in [0.3, 0.4) is 0 Å². The summed E-state index contributed by atoms with van der Waals surface area (Å²) < 4.78 is 11.4. The van der Waals surface area contributed by atoms with Crippen LogP contribution in [0.15, 0.2) is 0 Å². The molecule has 0 aromatic rings. The van der Waals surface area contributed by atoms with Crippen LogP contribution >= 0.6 is 0 Å². The highest BCUT2D eigenvalue weighted by atomic mass is 16.5. The third-order valence-corrected chi connectivity index (χ3v) is 12.6. The van der Waals surface area contributed by atoms with Gasteiger partial charge in [-0.25, -0.2) is 0 Å². The molecule has 320 valence electrons. The van der Waals surface area contributed by atoms with E-state index in [2.05, 4.69) is 79.2 Å². The number of unbranched alkanes of at least 4 members (excludes halogenated alkanes) is 12. The normalized spacial score (nSPS) is 16.7. The number of ether oxygens (including phenoxy) is 2. The molecule has 0 amide bonds. The van der Waals surface area contributed by atoms with Gasteiger partial charge in [-0.2, -0.15) is 0 Å². The van der Waals surface area contributed by atoms with Crippen LogP contribution in [0, 0.1) is 40.9 Å². The zero-order valence-electron chi connectivity index (χ0n) is 38.0. The molecule has 1 aliphatic heterocycles. The van der Waals surface area contributed by atoms with Gasteiger partial charge in [0.1, 0.15) is 0 Å². The van der Waals surface area contributed by atoms with Crippen LogP contribution < -0.4 is 0 Å². The number of nitrogens with zero attached hydrogens (tertiary/aromatic N) is 2. The van der Waals surface area contributed by atoms with Gasteiger partial charge in [0, 0.05) is 45.6 Å². The Labute approximate surface area is 337 Å². The molecule has 0 aromatic heterocycles. The summed E-state index contributed by atoms with van der Waals surface area (Å²) in [5.41, 5.74) is 0.406. The topological polar surface area (TPSA) is 59.1 Å². The minimum Gasteiger partial charge on any atom is -0.465 e. The lowest BCUT2D eigenvalue weighted by Gasteiger charge is -2.40. The second kappa shape index (κ2) is 30.9. The van der Waals surface area contributed by atoms with E-state index in [9.17, 15) is 9.59 Å². The maximum Gasteiger partial charge on any atom is 0.305 e. The number of hydrogen-bond acceptors (Lipinski definition) is 6. The van der Waals surface area contributed by atoms with Gasteiger partial charge in [-0.15, -0.1) is 0 Å². The predicted molar refractivity (Wildman–Crippen MR) is 232 cm³/mol. The van der Waals surface area contributed by atoms with Crippen LogP contribution in [-0.4, -0.2) is 74.7 Å². The quantitative estimate of drug-likeness (QED) is 0.0481. The summed E-state index contributed by atoms with van der Waals surface area (Å²) in [7, 11) is 2.25. The first-order valence-corrected chi connectivity index (χ1v) is 23.4. The van der Waals surface area contributed by atoms with E-state index in [0.717, 1.165) is 38.5 Å². The molecule has 0 radical (unpaired) electrons. The summed E-state index contributed by atoms with van der Waals surface area (Å²) in [6.07, 6.45) is 25.8.